The molecule has 0 aromatic heterocycles. The van der Waals surface area contributed by atoms with Gasteiger partial charge in [0.25, 0.3) is 0 Å². The van der Waals surface area contributed by atoms with Crippen LogP contribution in [0.1, 0.15) is 90.7 Å². The van der Waals surface area contributed by atoms with Crippen molar-refractivity contribution >= 4 is 13.6 Å². The monoisotopic (exact) mass is 506 g/mol. The van der Waals surface area contributed by atoms with Gasteiger partial charge in [0.05, 0.1) is 12.2 Å². The second-order valence-electron chi connectivity index (χ2n) is 11.7. The molecule has 2 fully saturated rings. The summed E-state index contributed by atoms with van der Waals surface area (Å²) in [6, 6.07) is 5.18. The number of aryl methyl sites for hydroxylation is 1. The lowest BCUT2D eigenvalue weighted by atomic mass is 9.55. The summed E-state index contributed by atoms with van der Waals surface area (Å²) in [5, 5.41) is 16.5. The van der Waals surface area contributed by atoms with E-state index in [1.54, 1.807) is 20.8 Å². The molecule has 0 spiro atoms. The summed E-state index contributed by atoms with van der Waals surface area (Å²) < 4.78 is 25.0. The van der Waals surface area contributed by atoms with Gasteiger partial charge in [-0.15, -0.1) is 0 Å². The van der Waals surface area contributed by atoms with Gasteiger partial charge in [0.2, 0.25) is 0 Å². The maximum absolute atomic E-state index is 13.7. The van der Waals surface area contributed by atoms with Crippen molar-refractivity contribution in [3.63, 3.8) is 0 Å². The molecular formula is C27H43N2O5P. The van der Waals surface area contributed by atoms with Gasteiger partial charge in [-0.1, -0.05) is 13.0 Å². The molecule has 0 saturated heterocycles. The SMILES string of the molecule is CC(C)NP(=O)(N[C@@H](C)C(=O)OC(C)C)Oc1ccc2c(c1)CC[C@@H]1[C@@H]2CC[C@]2(C)[C@@H](O)CC[C@@H]12. The van der Waals surface area contributed by atoms with Crippen LogP contribution in [-0.2, 0) is 20.5 Å². The van der Waals surface area contributed by atoms with Gasteiger partial charge in [-0.2, -0.15) is 0 Å². The van der Waals surface area contributed by atoms with Crippen LogP contribution in [0.2, 0.25) is 0 Å². The van der Waals surface area contributed by atoms with Gasteiger partial charge in [0.1, 0.15) is 11.8 Å². The van der Waals surface area contributed by atoms with Crippen molar-refractivity contribution in [1.29, 1.82) is 0 Å². The second-order valence-corrected chi connectivity index (χ2v) is 13.5. The predicted molar refractivity (Wildman–Crippen MR) is 137 cm³/mol. The highest BCUT2D eigenvalue weighted by Crippen LogP contribution is 2.61. The number of carbonyl (C=O) groups excluding carboxylic acids is 1. The van der Waals surface area contributed by atoms with Crippen molar-refractivity contribution in [2.45, 2.75) is 110 Å². The number of rotatable bonds is 8. The number of carbonyl (C=O) groups is 1. The Kier molecular flexibility index (Phi) is 7.74. The molecular weight excluding hydrogens is 463 g/mol. The van der Waals surface area contributed by atoms with Crippen LogP contribution in [0.25, 0.3) is 0 Å². The summed E-state index contributed by atoms with van der Waals surface area (Å²) in [6.45, 7) is 11.3. The van der Waals surface area contributed by atoms with Crippen LogP contribution in [0.5, 0.6) is 5.75 Å². The summed E-state index contributed by atoms with van der Waals surface area (Å²) in [6.07, 6.45) is 5.89. The Hall–Kier alpha value is -1.40. The summed E-state index contributed by atoms with van der Waals surface area (Å²) in [5.41, 5.74) is 2.70. The summed E-state index contributed by atoms with van der Waals surface area (Å²) in [7, 11) is -3.57. The Labute approximate surface area is 210 Å². The number of fused-ring (bicyclic) bond motifs is 5. The Morgan fingerprint density at radius 2 is 1.86 bits per heavy atom. The highest BCUT2D eigenvalue weighted by atomic mass is 31.2. The topological polar surface area (TPSA) is 96.9 Å². The number of hydrogen-bond donors (Lipinski definition) is 3. The Morgan fingerprint density at radius 1 is 1.11 bits per heavy atom. The van der Waals surface area contributed by atoms with Crippen LogP contribution in [-0.4, -0.2) is 35.4 Å². The van der Waals surface area contributed by atoms with Crippen molar-refractivity contribution in [3.05, 3.63) is 29.3 Å². The molecule has 3 aliphatic rings. The van der Waals surface area contributed by atoms with E-state index < -0.39 is 19.7 Å². The molecule has 7 nitrogen and oxygen atoms in total. The van der Waals surface area contributed by atoms with Crippen LogP contribution in [0.3, 0.4) is 0 Å². The number of benzene rings is 1. The fourth-order valence-corrected chi connectivity index (χ4v) is 8.69. The van der Waals surface area contributed by atoms with Crippen molar-refractivity contribution in [2.75, 3.05) is 0 Å². The molecule has 0 bridgehead atoms. The largest absolute Gasteiger partial charge is 0.462 e. The molecule has 3 N–H and O–H groups in total. The molecule has 0 amide bonds. The minimum atomic E-state index is -3.57. The molecule has 0 aliphatic heterocycles. The quantitative estimate of drug-likeness (QED) is 0.324. The van der Waals surface area contributed by atoms with E-state index in [0.29, 0.717) is 23.5 Å². The predicted octanol–water partition coefficient (Wildman–Crippen LogP) is 5.32. The second kappa shape index (κ2) is 10.2. The molecule has 1 unspecified atom stereocenters. The van der Waals surface area contributed by atoms with E-state index in [4.69, 9.17) is 9.26 Å². The zero-order valence-corrected chi connectivity index (χ0v) is 22.9. The molecule has 0 heterocycles. The molecule has 1 aromatic rings. The van der Waals surface area contributed by atoms with Gasteiger partial charge in [-0.05, 0) is 120 Å². The summed E-state index contributed by atoms with van der Waals surface area (Å²) >= 11 is 0. The Bertz CT molecular complexity index is 982. The van der Waals surface area contributed by atoms with E-state index >= 15 is 0 Å². The van der Waals surface area contributed by atoms with Crippen molar-refractivity contribution < 1.29 is 23.7 Å². The van der Waals surface area contributed by atoms with Crippen molar-refractivity contribution in [1.82, 2.24) is 10.2 Å². The highest BCUT2D eigenvalue weighted by molar-refractivity contribution is 7.55. The first-order chi connectivity index (χ1) is 16.4. The third kappa shape index (κ3) is 5.49. The fourth-order valence-electron chi connectivity index (χ4n) is 6.81. The van der Waals surface area contributed by atoms with E-state index in [1.807, 2.05) is 26.0 Å². The first-order valence-electron chi connectivity index (χ1n) is 13.3. The third-order valence-corrected chi connectivity index (χ3v) is 10.4. The van der Waals surface area contributed by atoms with Crippen LogP contribution < -0.4 is 14.7 Å². The number of esters is 1. The fraction of sp³-hybridized carbons (Fsp3) is 0.741. The van der Waals surface area contributed by atoms with Crippen LogP contribution >= 0.6 is 7.67 Å². The van der Waals surface area contributed by atoms with E-state index in [9.17, 15) is 14.5 Å². The van der Waals surface area contributed by atoms with Crippen LogP contribution in [0, 0.1) is 17.3 Å². The Morgan fingerprint density at radius 3 is 2.54 bits per heavy atom. The number of ether oxygens (including phenoxy) is 1. The van der Waals surface area contributed by atoms with E-state index in [1.165, 1.54) is 11.1 Å². The zero-order chi connectivity index (χ0) is 25.5. The van der Waals surface area contributed by atoms with Gasteiger partial charge in [0, 0.05) is 6.04 Å². The Balaban J connectivity index is 1.51. The lowest BCUT2D eigenvalue weighted by Gasteiger charge is -2.50. The average Bonchev–Trinajstić information content (AvgIpc) is 3.06. The maximum atomic E-state index is 13.7. The van der Waals surface area contributed by atoms with Gasteiger partial charge in [-0.3, -0.25) is 4.79 Å². The minimum Gasteiger partial charge on any atom is -0.462 e. The van der Waals surface area contributed by atoms with E-state index in [0.717, 1.165) is 38.5 Å². The first kappa shape index (κ1) is 26.7. The van der Waals surface area contributed by atoms with E-state index in [-0.39, 0.29) is 23.7 Å². The zero-order valence-electron chi connectivity index (χ0n) is 22.0. The lowest BCUT2D eigenvalue weighted by molar-refractivity contribution is -0.149. The van der Waals surface area contributed by atoms with Crippen molar-refractivity contribution in [2.24, 2.45) is 17.3 Å². The third-order valence-electron chi connectivity index (χ3n) is 8.38. The average molecular weight is 507 g/mol. The number of aliphatic hydroxyl groups excluding tert-OH is 1. The normalized spacial score (nSPS) is 32.4. The van der Waals surface area contributed by atoms with Crippen molar-refractivity contribution in [3.8, 4) is 5.75 Å². The molecule has 3 aliphatic carbocycles. The number of nitrogens with one attached hydrogen (secondary N) is 2. The van der Waals surface area contributed by atoms with E-state index in [2.05, 4.69) is 23.2 Å². The highest BCUT2D eigenvalue weighted by Gasteiger charge is 2.54. The molecule has 0 radical (unpaired) electrons. The molecule has 35 heavy (non-hydrogen) atoms. The standard InChI is InChI=1S/C27H43N2O5P/c1-16(2)28-35(32,29-18(5)26(31)33-17(3)4)34-20-8-10-21-19(15-20)7-9-23-22(21)13-14-27(6)24(23)11-12-25(27)30/h8,10,15-18,22-25,30H,7,9,11-14H2,1-6H3,(H2,28,29,32)/t18-,22+,23+,24-,25-,27-,35?/m0/s1. The minimum absolute atomic E-state index is 0.0654. The summed E-state index contributed by atoms with van der Waals surface area (Å²) in [5.74, 6) is 1.79. The van der Waals surface area contributed by atoms with Gasteiger partial charge < -0.3 is 14.4 Å². The van der Waals surface area contributed by atoms with Crippen LogP contribution in [0.4, 0.5) is 0 Å². The molecule has 1 aromatic carbocycles. The number of hydrogen-bond acceptors (Lipinski definition) is 5. The van der Waals surface area contributed by atoms with Gasteiger partial charge >= 0.3 is 13.6 Å². The molecule has 196 valence electrons. The first-order valence-corrected chi connectivity index (χ1v) is 14.9. The maximum Gasteiger partial charge on any atom is 0.391 e. The summed E-state index contributed by atoms with van der Waals surface area (Å²) in [4.78, 5) is 12.3. The van der Waals surface area contributed by atoms with Gasteiger partial charge in [-0.25, -0.2) is 14.7 Å². The smallest absolute Gasteiger partial charge is 0.391 e. The molecule has 4 rings (SSSR count). The van der Waals surface area contributed by atoms with Gasteiger partial charge in [0.15, 0.2) is 0 Å². The number of aliphatic hydroxyl groups is 1. The molecule has 8 heteroatoms. The molecule has 7 atom stereocenters. The molecule has 2 saturated carbocycles. The lowest BCUT2D eigenvalue weighted by Crippen LogP contribution is -2.43. The van der Waals surface area contributed by atoms with Crippen LogP contribution in [0.15, 0.2) is 18.2 Å².